The highest BCUT2D eigenvalue weighted by Gasteiger charge is 1.99. The third-order valence-electron chi connectivity index (χ3n) is 1.05. The fraction of sp³-hybridized carbons (Fsp3) is 0. The van der Waals surface area contributed by atoms with E-state index >= 15 is 0 Å². The molecule has 60 valence electrons. The standard InChI is InChI=1S/C6H5NO3.H3N/c8-6-3-1-5(2-4-6)7(9)10;/h1-4,8H;1H3. The fourth-order valence-electron chi connectivity index (χ4n) is 0.568. The summed E-state index contributed by atoms with van der Waals surface area (Å²) in [5.41, 5.74) is -0.0559. The summed E-state index contributed by atoms with van der Waals surface area (Å²) in [6.07, 6.45) is 0. The van der Waals surface area contributed by atoms with E-state index in [0.717, 1.165) is 12.1 Å². The summed E-state index contributed by atoms with van der Waals surface area (Å²) in [6.45, 7) is 0. The largest absolute Gasteiger partial charge is 0.872 e. The van der Waals surface area contributed by atoms with Crippen LogP contribution in [0.5, 0.6) is 5.75 Å². The first-order chi connectivity index (χ1) is 4.70. The Bertz CT molecular complexity index is 245. The molecule has 0 bridgehead atoms. The van der Waals surface area contributed by atoms with Crippen molar-refractivity contribution in [1.82, 2.24) is 6.15 Å². The van der Waals surface area contributed by atoms with Crippen molar-refractivity contribution in [3.05, 3.63) is 34.4 Å². The topological polar surface area (TPSA) is 103 Å². The number of hydrogen-bond donors (Lipinski definition) is 1. The Balaban J connectivity index is 0.000001000. The van der Waals surface area contributed by atoms with Crippen molar-refractivity contribution in [2.45, 2.75) is 0 Å². The Morgan fingerprint density at radius 1 is 1.18 bits per heavy atom. The Hall–Kier alpha value is -1.62. The number of non-ortho nitro benzene ring substituents is 1. The maximum Gasteiger partial charge on any atom is 0.269 e. The van der Waals surface area contributed by atoms with Crippen LogP contribution in [0.2, 0.25) is 0 Å². The van der Waals surface area contributed by atoms with Gasteiger partial charge in [0.15, 0.2) is 0 Å². The van der Waals surface area contributed by atoms with E-state index in [4.69, 9.17) is 0 Å². The molecule has 4 N–H and O–H groups in total. The zero-order valence-electron chi connectivity index (χ0n) is 5.98. The lowest BCUT2D eigenvalue weighted by molar-refractivity contribution is -0.385. The predicted molar refractivity (Wildman–Crippen MR) is 38.5 cm³/mol. The predicted octanol–water partition coefficient (Wildman–Crippen LogP) is 1.04. The van der Waals surface area contributed by atoms with Gasteiger partial charge in [-0.05, 0) is 0 Å². The van der Waals surface area contributed by atoms with E-state index < -0.39 is 4.92 Å². The molecule has 0 aliphatic rings. The third kappa shape index (κ3) is 2.23. The number of nitro groups is 1. The van der Waals surface area contributed by atoms with Gasteiger partial charge in [-0.2, -0.15) is 0 Å². The summed E-state index contributed by atoms with van der Waals surface area (Å²) in [6, 6.07) is 4.70. The molecule has 0 radical (unpaired) electrons. The molecular formula is C6H8N2O3. The van der Waals surface area contributed by atoms with Crippen molar-refractivity contribution < 1.29 is 10.0 Å². The summed E-state index contributed by atoms with van der Waals surface area (Å²) < 4.78 is 0. The SMILES string of the molecule is O=[N+]([O-])c1ccc([O-])cc1.[NH4+]. The zero-order valence-corrected chi connectivity index (χ0v) is 5.98. The van der Waals surface area contributed by atoms with Crippen LogP contribution in [0.4, 0.5) is 5.69 Å². The molecule has 1 aromatic carbocycles. The van der Waals surface area contributed by atoms with Gasteiger partial charge in [0, 0.05) is 12.1 Å². The van der Waals surface area contributed by atoms with Gasteiger partial charge >= 0.3 is 0 Å². The Kier molecular flexibility index (Phi) is 3.01. The van der Waals surface area contributed by atoms with Gasteiger partial charge in [-0.1, -0.05) is 12.1 Å². The smallest absolute Gasteiger partial charge is 0.269 e. The zero-order chi connectivity index (χ0) is 7.56. The second kappa shape index (κ2) is 3.52. The van der Waals surface area contributed by atoms with Crippen molar-refractivity contribution in [2.24, 2.45) is 0 Å². The lowest BCUT2D eigenvalue weighted by atomic mass is 10.3. The lowest BCUT2D eigenvalue weighted by Crippen LogP contribution is -1.90. The summed E-state index contributed by atoms with van der Waals surface area (Å²) >= 11 is 0. The summed E-state index contributed by atoms with van der Waals surface area (Å²) in [7, 11) is 0. The van der Waals surface area contributed by atoms with E-state index in [2.05, 4.69) is 0 Å². The van der Waals surface area contributed by atoms with Gasteiger partial charge in [0.2, 0.25) is 0 Å². The summed E-state index contributed by atoms with van der Waals surface area (Å²) in [5, 5.41) is 20.4. The molecule has 0 atom stereocenters. The molecule has 11 heavy (non-hydrogen) atoms. The van der Waals surface area contributed by atoms with Crippen LogP contribution in [0.15, 0.2) is 24.3 Å². The van der Waals surface area contributed by atoms with Gasteiger partial charge < -0.3 is 11.3 Å². The van der Waals surface area contributed by atoms with Crippen LogP contribution >= 0.6 is 0 Å². The molecule has 0 aromatic heterocycles. The molecule has 5 heteroatoms. The van der Waals surface area contributed by atoms with Crippen LogP contribution in [0.1, 0.15) is 0 Å². The van der Waals surface area contributed by atoms with Gasteiger partial charge in [0.05, 0.1) is 4.92 Å². The summed E-state index contributed by atoms with van der Waals surface area (Å²) in [5.74, 6) is -0.217. The van der Waals surface area contributed by atoms with E-state index in [-0.39, 0.29) is 17.6 Å². The maximum atomic E-state index is 10.4. The molecule has 0 spiro atoms. The first kappa shape index (κ1) is 9.38. The van der Waals surface area contributed by atoms with E-state index in [1.165, 1.54) is 12.1 Å². The molecular weight excluding hydrogens is 148 g/mol. The molecule has 0 amide bonds. The van der Waals surface area contributed by atoms with Gasteiger partial charge in [0.25, 0.3) is 5.69 Å². The van der Waals surface area contributed by atoms with Crippen LogP contribution in [0.25, 0.3) is 0 Å². The minimum atomic E-state index is -0.542. The molecule has 1 aromatic rings. The van der Waals surface area contributed by atoms with Crippen molar-refractivity contribution in [2.75, 3.05) is 0 Å². The molecule has 0 saturated carbocycles. The normalized spacial score (nSPS) is 8.36. The molecule has 0 aliphatic heterocycles. The van der Waals surface area contributed by atoms with Crippen molar-refractivity contribution >= 4 is 5.69 Å². The minimum Gasteiger partial charge on any atom is -0.872 e. The van der Waals surface area contributed by atoms with Gasteiger partial charge in [0.1, 0.15) is 0 Å². The number of benzene rings is 1. The second-order valence-electron chi connectivity index (χ2n) is 1.75. The van der Waals surface area contributed by atoms with Crippen molar-refractivity contribution in [3.8, 4) is 5.75 Å². The van der Waals surface area contributed by atoms with E-state index in [1.54, 1.807) is 0 Å². The molecule has 0 fully saturated rings. The second-order valence-corrected chi connectivity index (χ2v) is 1.75. The Morgan fingerprint density at radius 3 is 2.00 bits per heavy atom. The number of quaternary nitrogens is 1. The molecule has 1 rings (SSSR count). The molecule has 0 heterocycles. The lowest BCUT2D eigenvalue weighted by Gasteiger charge is -2.00. The van der Waals surface area contributed by atoms with Gasteiger partial charge in [-0.25, -0.2) is 0 Å². The van der Waals surface area contributed by atoms with Gasteiger partial charge in [-0.3, -0.25) is 10.1 Å². The van der Waals surface area contributed by atoms with Crippen LogP contribution in [-0.4, -0.2) is 4.92 Å². The van der Waals surface area contributed by atoms with Gasteiger partial charge in [-0.15, -0.1) is 5.75 Å². The average Bonchev–Trinajstić information content (AvgIpc) is 1.88. The van der Waals surface area contributed by atoms with Crippen molar-refractivity contribution in [1.29, 1.82) is 0 Å². The number of hydrogen-bond acceptors (Lipinski definition) is 3. The third-order valence-corrected chi connectivity index (χ3v) is 1.05. The highest BCUT2D eigenvalue weighted by molar-refractivity contribution is 5.34. The molecule has 5 nitrogen and oxygen atoms in total. The van der Waals surface area contributed by atoms with E-state index in [1.807, 2.05) is 0 Å². The average molecular weight is 156 g/mol. The monoisotopic (exact) mass is 156 g/mol. The highest BCUT2D eigenvalue weighted by Crippen LogP contribution is 2.12. The minimum absolute atomic E-state index is 0. The number of rotatable bonds is 1. The van der Waals surface area contributed by atoms with Crippen LogP contribution in [0, 0.1) is 10.1 Å². The van der Waals surface area contributed by atoms with Crippen LogP contribution < -0.4 is 11.3 Å². The van der Waals surface area contributed by atoms with E-state index in [9.17, 15) is 15.2 Å². The quantitative estimate of drug-likeness (QED) is 0.485. The highest BCUT2D eigenvalue weighted by atomic mass is 16.6. The Labute approximate surface area is 63.0 Å². The first-order valence-electron chi connectivity index (χ1n) is 2.61. The molecule has 0 unspecified atom stereocenters. The fourth-order valence-corrected chi connectivity index (χ4v) is 0.568. The molecule has 0 saturated heterocycles. The van der Waals surface area contributed by atoms with E-state index in [0.29, 0.717) is 0 Å². The van der Waals surface area contributed by atoms with Crippen LogP contribution in [-0.2, 0) is 0 Å². The van der Waals surface area contributed by atoms with Crippen molar-refractivity contribution in [3.63, 3.8) is 0 Å². The van der Waals surface area contributed by atoms with Crippen LogP contribution in [0.3, 0.4) is 0 Å². The number of nitrogens with zero attached hydrogens (tertiary/aromatic N) is 1. The first-order valence-corrected chi connectivity index (χ1v) is 2.61. The molecule has 0 aliphatic carbocycles. The summed E-state index contributed by atoms with van der Waals surface area (Å²) in [4.78, 5) is 9.47. The maximum absolute atomic E-state index is 10.4. The number of nitro benzene ring substituents is 1. The Morgan fingerprint density at radius 2 is 1.64 bits per heavy atom.